The van der Waals surface area contributed by atoms with Crippen molar-refractivity contribution in [3.8, 4) is 11.5 Å². The number of hydrogen-bond acceptors (Lipinski definition) is 4. The van der Waals surface area contributed by atoms with Crippen LogP contribution in [-0.2, 0) is 5.54 Å². The summed E-state index contributed by atoms with van der Waals surface area (Å²) in [5, 5.41) is 4.67. The van der Waals surface area contributed by atoms with Gasteiger partial charge in [-0.2, -0.15) is 4.98 Å². The second kappa shape index (κ2) is 4.89. The molecule has 2 aromatic rings. The fourth-order valence-corrected chi connectivity index (χ4v) is 3.01. The monoisotopic (exact) mass is 341 g/mol. The molecule has 1 aliphatic carbocycles. The van der Waals surface area contributed by atoms with Gasteiger partial charge in [0.1, 0.15) is 0 Å². The molecule has 0 atom stereocenters. The molecule has 0 aliphatic heterocycles. The Morgan fingerprint density at radius 2 is 2.05 bits per heavy atom. The summed E-state index contributed by atoms with van der Waals surface area (Å²) in [5.74, 6) is 1.04. The molecule has 0 amide bonds. The van der Waals surface area contributed by atoms with E-state index in [-0.39, 0.29) is 0 Å². The van der Waals surface area contributed by atoms with E-state index in [1.807, 2.05) is 6.07 Å². The number of halogens is 2. The van der Waals surface area contributed by atoms with Crippen LogP contribution in [0.2, 0.25) is 5.02 Å². The topological polar surface area (TPSA) is 64.9 Å². The molecule has 0 bridgehead atoms. The van der Waals surface area contributed by atoms with Gasteiger partial charge in [0.25, 0.3) is 5.89 Å². The minimum absolute atomic E-state index is 0.438. The van der Waals surface area contributed by atoms with Crippen LogP contribution in [0.3, 0.4) is 0 Å². The molecular formula is C13H13BrClN3O. The van der Waals surface area contributed by atoms with Crippen LogP contribution in [0.15, 0.2) is 27.2 Å². The van der Waals surface area contributed by atoms with Crippen LogP contribution in [0.5, 0.6) is 0 Å². The first kappa shape index (κ1) is 13.1. The molecule has 4 nitrogen and oxygen atoms in total. The molecule has 2 N–H and O–H groups in total. The van der Waals surface area contributed by atoms with E-state index in [9.17, 15) is 0 Å². The largest absolute Gasteiger partial charge is 0.334 e. The van der Waals surface area contributed by atoms with Crippen molar-refractivity contribution in [2.45, 2.75) is 31.2 Å². The van der Waals surface area contributed by atoms with E-state index in [0.29, 0.717) is 16.7 Å². The van der Waals surface area contributed by atoms with Crippen LogP contribution in [0.25, 0.3) is 11.5 Å². The molecule has 1 aliphatic rings. The average Bonchev–Trinajstić information content (AvgIpc) is 3.02. The van der Waals surface area contributed by atoms with Gasteiger partial charge in [-0.15, -0.1) is 0 Å². The summed E-state index contributed by atoms with van der Waals surface area (Å²) < 4.78 is 6.20. The van der Waals surface area contributed by atoms with Gasteiger partial charge in [0.05, 0.1) is 11.1 Å². The van der Waals surface area contributed by atoms with E-state index in [2.05, 4.69) is 26.1 Å². The lowest BCUT2D eigenvalue weighted by atomic mass is 9.99. The minimum atomic E-state index is -0.438. The quantitative estimate of drug-likeness (QED) is 0.899. The van der Waals surface area contributed by atoms with Gasteiger partial charge in [-0.25, -0.2) is 0 Å². The summed E-state index contributed by atoms with van der Waals surface area (Å²) >= 11 is 9.45. The second-order valence-electron chi connectivity index (χ2n) is 4.91. The van der Waals surface area contributed by atoms with Crippen LogP contribution in [-0.4, -0.2) is 10.1 Å². The molecule has 1 saturated carbocycles. The molecule has 0 unspecified atom stereocenters. The Morgan fingerprint density at radius 3 is 2.79 bits per heavy atom. The summed E-state index contributed by atoms with van der Waals surface area (Å²) in [7, 11) is 0. The Bertz CT molecular complexity index is 608. The Hall–Kier alpha value is -0.910. The van der Waals surface area contributed by atoms with Crippen molar-refractivity contribution < 1.29 is 4.52 Å². The normalized spacial score (nSPS) is 17.8. The summed E-state index contributed by atoms with van der Waals surface area (Å²) in [6, 6.07) is 5.45. The smallest absolute Gasteiger partial charge is 0.259 e. The fourth-order valence-electron chi connectivity index (χ4n) is 2.43. The lowest BCUT2D eigenvalue weighted by Gasteiger charge is -2.17. The zero-order chi connectivity index (χ0) is 13.5. The molecule has 6 heteroatoms. The minimum Gasteiger partial charge on any atom is -0.334 e. The number of hydrogen-bond donors (Lipinski definition) is 1. The van der Waals surface area contributed by atoms with Crippen LogP contribution in [0.1, 0.15) is 31.5 Å². The highest BCUT2D eigenvalue weighted by atomic mass is 79.9. The van der Waals surface area contributed by atoms with Crippen molar-refractivity contribution in [1.82, 2.24) is 10.1 Å². The number of nitrogens with zero attached hydrogens (tertiary/aromatic N) is 2. The molecule has 3 rings (SSSR count). The summed E-state index contributed by atoms with van der Waals surface area (Å²) in [6.45, 7) is 0. The highest BCUT2D eigenvalue weighted by Gasteiger charge is 2.36. The van der Waals surface area contributed by atoms with E-state index >= 15 is 0 Å². The molecule has 1 heterocycles. The maximum absolute atomic E-state index is 6.32. The molecule has 0 saturated heterocycles. The molecule has 19 heavy (non-hydrogen) atoms. The van der Waals surface area contributed by atoms with E-state index in [4.69, 9.17) is 21.9 Å². The predicted molar refractivity (Wildman–Crippen MR) is 76.8 cm³/mol. The number of benzene rings is 1. The molecule has 0 radical (unpaired) electrons. The molecule has 1 fully saturated rings. The standard InChI is InChI=1S/C13H13BrClN3O/c14-10-4-3-8(15)7-9(10)11-17-12(18-19-11)13(16)5-1-2-6-13/h3-4,7H,1-2,5-6,16H2. The molecule has 1 aromatic heterocycles. The van der Waals surface area contributed by atoms with E-state index in [0.717, 1.165) is 35.7 Å². The van der Waals surface area contributed by atoms with Gasteiger partial charge in [0.2, 0.25) is 0 Å². The highest BCUT2D eigenvalue weighted by molar-refractivity contribution is 9.10. The van der Waals surface area contributed by atoms with Gasteiger partial charge in [0.15, 0.2) is 5.82 Å². The zero-order valence-electron chi connectivity index (χ0n) is 10.2. The van der Waals surface area contributed by atoms with Crippen LogP contribution >= 0.6 is 27.5 Å². The maximum Gasteiger partial charge on any atom is 0.259 e. The van der Waals surface area contributed by atoms with Gasteiger partial charge in [-0.1, -0.05) is 29.6 Å². The van der Waals surface area contributed by atoms with Crippen molar-refractivity contribution in [3.05, 3.63) is 33.5 Å². The van der Waals surface area contributed by atoms with Gasteiger partial charge in [0, 0.05) is 9.50 Å². The molecule has 0 spiro atoms. The maximum atomic E-state index is 6.32. The van der Waals surface area contributed by atoms with Gasteiger partial charge in [-0.05, 0) is 47.0 Å². The molecule has 1 aromatic carbocycles. The van der Waals surface area contributed by atoms with Crippen LogP contribution < -0.4 is 5.73 Å². The fraction of sp³-hybridized carbons (Fsp3) is 0.385. The van der Waals surface area contributed by atoms with Crippen molar-refractivity contribution in [3.63, 3.8) is 0 Å². The SMILES string of the molecule is NC1(c2noc(-c3cc(Cl)ccc3Br)n2)CCCC1. The third kappa shape index (κ3) is 2.42. The second-order valence-corrected chi connectivity index (χ2v) is 6.20. The molecule has 100 valence electrons. The lowest BCUT2D eigenvalue weighted by molar-refractivity contribution is 0.372. The lowest BCUT2D eigenvalue weighted by Crippen LogP contribution is -2.34. The number of aromatic nitrogens is 2. The first-order valence-electron chi connectivity index (χ1n) is 6.17. The van der Waals surface area contributed by atoms with Gasteiger partial charge in [-0.3, -0.25) is 0 Å². The van der Waals surface area contributed by atoms with Crippen molar-refractivity contribution >= 4 is 27.5 Å². The van der Waals surface area contributed by atoms with Crippen molar-refractivity contribution in [2.24, 2.45) is 5.73 Å². The van der Waals surface area contributed by atoms with E-state index in [1.54, 1.807) is 12.1 Å². The third-order valence-electron chi connectivity index (χ3n) is 3.53. The van der Waals surface area contributed by atoms with Crippen LogP contribution in [0.4, 0.5) is 0 Å². The Morgan fingerprint density at radius 1 is 1.32 bits per heavy atom. The Balaban J connectivity index is 1.99. The summed E-state index contributed by atoms with van der Waals surface area (Å²) in [6.07, 6.45) is 4.04. The number of nitrogens with two attached hydrogens (primary N) is 1. The van der Waals surface area contributed by atoms with Crippen molar-refractivity contribution in [2.75, 3.05) is 0 Å². The van der Waals surface area contributed by atoms with E-state index < -0.39 is 5.54 Å². The molecular weight excluding hydrogens is 330 g/mol. The Labute approximate surface area is 124 Å². The number of rotatable bonds is 2. The van der Waals surface area contributed by atoms with Gasteiger partial charge >= 0.3 is 0 Å². The Kier molecular flexibility index (Phi) is 3.37. The predicted octanol–water partition coefficient (Wildman–Crippen LogP) is 3.88. The first-order valence-corrected chi connectivity index (χ1v) is 7.34. The van der Waals surface area contributed by atoms with Crippen LogP contribution in [0, 0.1) is 0 Å². The van der Waals surface area contributed by atoms with E-state index in [1.165, 1.54) is 0 Å². The summed E-state index contributed by atoms with van der Waals surface area (Å²) in [4.78, 5) is 4.44. The zero-order valence-corrected chi connectivity index (χ0v) is 12.5. The van der Waals surface area contributed by atoms with Crippen molar-refractivity contribution in [1.29, 1.82) is 0 Å². The average molecular weight is 343 g/mol. The highest BCUT2D eigenvalue weighted by Crippen LogP contribution is 2.36. The third-order valence-corrected chi connectivity index (χ3v) is 4.45. The summed E-state index contributed by atoms with van der Waals surface area (Å²) in [5.41, 5.74) is 6.66. The first-order chi connectivity index (χ1) is 9.08. The van der Waals surface area contributed by atoms with Gasteiger partial charge < -0.3 is 10.3 Å².